The van der Waals surface area contributed by atoms with Gasteiger partial charge in [-0.2, -0.15) is 0 Å². The van der Waals surface area contributed by atoms with E-state index in [0.29, 0.717) is 6.42 Å². The Bertz CT molecular complexity index is 478. The van der Waals surface area contributed by atoms with Gasteiger partial charge < -0.3 is 5.73 Å². The van der Waals surface area contributed by atoms with E-state index in [4.69, 9.17) is 17.3 Å². The van der Waals surface area contributed by atoms with Gasteiger partial charge >= 0.3 is 0 Å². The van der Waals surface area contributed by atoms with E-state index in [0.717, 1.165) is 17.1 Å². The van der Waals surface area contributed by atoms with Crippen molar-refractivity contribution < 1.29 is 0 Å². The van der Waals surface area contributed by atoms with Crippen LogP contribution in [-0.2, 0) is 13.5 Å². The minimum Gasteiger partial charge on any atom is -0.398 e. The van der Waals surface area contributed by atoms with Gasteiger partial charge in [-0.25, -0.2) is 4.98 Å². The Balaban J connectivity index is 2.29. The molecule has 4 nitrogen and oxygen atoms in total. The Morgan fingerprint density at radius 2 is 2.13 bits per heavy atom. The summed E-state index contributed by atoms with van der Waals surface area (Å²) < 4.78 is 1.66. The summed E-state index contributed by atoms with van der Waals surface area (Å²) in [6.45, 7) is 0. The number of hydrogen-bond donors (Lipinski definition) is 1. The summed E-state index contributed by atoms with van der Waals surface area (Å²) in [5, 5.41) is 4.23. The number of para-hydroxylation sites is 1. The molecule has 0 saturated carbocycles. The highest BCUT2D eigenvalue weighted by atomic mass is 35.5. The molecule has 0 fully saturated rings. The topological polar surface area (TPSA) is 56.7 Å². The van der Waals surface area contributed by atoms with Crippen LogP contribution in [0.4, 0.5) is 5.69 Å². The molecule has 1 aromatic heterocycles. The van der Waals surface area contributed by atoms with Crippen molar-refractivity contribution in [3.8, 4) is 0 Å². The molecule has 15 heavy (non-hydrogen) atoms. The fraction of sp³-hybridized carbons (Fsp3) is 0.200. The fourth-order valence-corrected chi connectivity index (χ4v) is 1.61. The number of anilines is 1. The molecule has 1 aromatic carbocycles. The summed E-state index contributed by atoms with van der Waals surface area (Å²) in [5.74, 6) is 0.804. The normalized spacial score (nSPS) is 10.5. The number of benzene rings is 1. The summed E-state index contributed by atoms with van der Waals surface area (Å²) in [4.78, 5) is 4.11. The Labute approximate surface area is 92.7 Å². The second-order valence-corrected chi connectivity index (χ2v) is 3.63. The molecular formula is C10H11ClN4. The van der Waals surface area contributed by atoms with E-state index in [1.165, 1.54) is 0 Å². The third kappa shape index (κ3) is 2.10. The highest BCUT2D eigenvalue weighted by Gasteiger charge is 2.07. The van der Waals surface area contributed by atoms with Crippen LogP contribution in [0.1, 0.15) is 11.4 Å². The van der Waals surface area contributed by atoms with Crippen LogP contribution in [0.2, 0.25) is 5.28 Å². The smallest absolute Gasteiger partial charge is 0.242 e. The number of nitrogen functional groups attached to an aromatic ring is 1. The van der Waals surface area contributed by atoms with Gasteiger partial charge in [0.1, 0.15) is 5.82 Å². The highest BCUT2D eigenvalue weighted by molar-refractivity contribution is 6.28. The number of nitrogens with zero attached hydrogens (tertiary/aromatic N) is 3. The van der Waals surface area contributed by atoms with Crippen molar-refractivity contribution in [1.29, 1.82) is 0 Å². The number of aromatic nitrogens is 3. The maximum absolute atomic E-state index is 5.83. The third-order valence-electron chi connectivity index (χ3n) is 2.23. The summed E-state index contributed by atoms with van der Waals surface area (Å²) in [6.07, 6.45) is 0.642. The lowest BCUT2D eigenvalue weighted by Crippen LogP contribution is -2.02. The summed E-state index contributed by atoms with van der Waals surface area (Å²) in [5.41, 5.74) is 7.63. The van der Waals surface area contributed by atoms with Crippen LogP contribution < -0.4 is 5.73 Å². The van der Waals surface area contributed by atoms with Crippen LogP contribution >= 0.6 is 11.6 Å². The van der Waals surface area contributed by atoms with Crippen molar-refractivity contribution >= 4 is 17.3 Å². The second-order valence-electron chi connectivity index (χ2n) is 3.30. The van der Waals surface area contributed by atoms with Crippen molar-refractivity contribution in [2.45, 2.75) is 6.42 Å². The monoisotopic (exact) mass is 222 g/mol. The molecule has 0 amide bonds. The van der Waals surface area contributed by atoms with Crippen molar-refractivity contribution in [3.05, 3.63) is 40.9 Å². The van der Waals surface area contributed by atoms with Gasteiger partial charge in [-0.3, -0.25) is 4.68 Å². The maximum atomic E-state index is 5.83. The van der Waals surface area contributed by atoms with E-state index >= 15 is 0 Å². The van der Waals surface area contributed by atoms with Gasteiger partial charge in [0.25, 0.3) is 0 Å². The van der Waals surface area contributed by atoms with Crippen LogP contribution in [-0.4, -0.2) is 14.8 Å². The minimum absolute atomic E-state index is 0.266. The standard InChI is InChI=1S/C10H11ClN4/c1-15-9(13-10(11)14-15)6-7-4-2-3-5-8(7)12/h2-5H,6,12H2,1H3. The maximum Gasteiger partial charge on any atom is 0.242 e. The molecule has 2 aromatic rings. The third-order valence-corrected chi connectivity index (χ3v) is 2.39. The van der Waals surface area contributed by atoms with Gasteiger partial charge in [0.05, 0.1) is 0 Å². The predicted molar refractivity (Wildman–Crippen MR) is 59.7 cm³/mol. The van der Waals surface area contributed by atoms with Crippen LogP contribution in [0, 0.1) is 0 Å². The van der Waals surface area contributed by atoms with Crippen molar-refractivity contribution in [3.63, 3.8) is 0 Å². The van der Waals surface area contributed by atoms with Crippen molar-refractivity contribution in [2.75, 3.05) is 5.73 Å². The lowest BCUT2D eigenvalue weighted by Gasteiger charge is -2.03. The van der Waals surface area contributed by atoms with E-state index in [-0.39, 0.29) is 5.28 Å². The molecule has 78 valence electrons. The molecule has 0 aliphatic rings. The molecule has 0 aliphatic carbocycles. The molecular weight excluding hydrogens is 212 g/mol. The molecule has 0 spiro atoms. The van der Waals surface area contributed by atoms with Crippen molar-refractivity contribution in [2.24, 2.45) is 7.05 Å². The first-order chi connectivity index (χ1) is 7.16. The quantitative estimate of drug-likeness (QED) is 0.786. The molecule has 5 heteroatoms. The number of nitrogens with two attached hydrogens (primary N) is 1. The predicted octanol–water partition coefficient (Wildman–Crippen LogP) is 1.64. The first-order valence-electron chi connectivity index (χ1n) is 4.55. The second kappa shape index (κ2) is 3.90. The molecule has 0 atom stereocenters. The van der Waals surface area contributed by atoms with Crippen molar-refractivity contribution in [1.82, 2.24) is 14.8 Å². The lowest BCUT2D eigenvalue weighted by atomic mass is 10.1. The summed E-state index contributed by atoms with van der Waals surface area (Å²) in [6, 6.07) is 7.69. The Morgan fingerprint density at radius 3 is 2.73 bits per heavy atom. The van der Waals surface area contributed by atoms with Gasteiger partial charge in [0, 0.05) is 19.2 Å². The highest BCUT2D eigenvalue weighted by Crippen LogP contribution is 2.15. The van der Waals surface area contributed by atoms with E-state index < -0.39 is 0 Å². The van der Waals surface area contributed by atoms with Crippen LogP contribution in [0.15, 0.2) is 24.3 Å². The average molecular weight is 223 g/mol. The number of rotatable bonds is 2. The molecule has 0 aliphatic heterocycles. The molecule has 0 radical (unpaired) electrons. The largest absolute Gasteiger partial charge is 0.398 e. The lowest BCUT2D eigenvalue weighted by molar-refractivity contribution is 0.717. The molecule has 1 heterocycles. The van der Waals surface area contributed by atoms with Gasteiger partial charge in [0.2, 0.25) is 5.28 Å². The van der Waals surface area contributed by atoms with Gasteiger partial charge in [-0.1, -0.05) is 18.2 Å². The first kappa shape index (κ1) is 9.98. The molecule has 0 unspecified atom stereocenters. The van der Waals surface area contributed by atoms with Crippen LogP contribution in [0.5, 0.6) is 0 Å². The molecule has 2 rings (SSSR count). The van der Waals surface area contributed by atoms with E-state index in [9.17, 15) is 0 Å². The molecule has 2 N–H and O–H groups in total. The summed E-state index contributed by atoms with van der Waals surface area (Å²) in [7, 11) is 1.81. The number of halogens is 1. The van der Waals surface area contributed by atoms with Crippen LogP contribution in [0.3, 0.4) is 0 Å². The minimum atomic E-state index is 0.266. The first-order valence-corrected chi connectivity index (χ1v) is 4.93. The van der Waals surface area contributed by atoms with Gasteiger partial charge in [-0.05, 0) is 23.2 Å². The number of hydrogen-bond acceptors (Lipinski definition) is 3. The zero-order valence-corrected chi connectivity index (χ0v) is 9.07. The summed E-state index contributed by atoms with van der Waals surface area (Å²) >= 11 is 5.70. The fourth-order valence-electron chi connectivity index (χ4n) is 1.40. The Morgan fingerprint density at radius 1 is 1.40 bits per heavy atom. The van der Waals surface area contributed by atoms with Crippen LogP contribution in [0.25, 0.3) is 0 Å². The van der Waals surface area contributed by atoms with Gasteiger partial charge in [-0.15, -0.1) is 5.10 Å². The van der Waals surface area contributed by atoms with E-state index in [1.807, 2.05) is 31.3 Å². The van der Waals surface area contributed by atoms with E-state index in [2.05, 4.69) is 10.1 Å². The SMILES string of the molecule is Cn1nc(Cl)nc1Cc1ccccc1N. The Kier molecular flexibility index (Phi) is 2.60. The van der Waals surface area contributed by atoms with Gasteiger partial charge in [0.15, 0.2) is 0 Å². The Hall–Kier alpha value is -1.55. The zero-order valence-electron chi connectivity index (χ0n) is 8.31. The zero-order chi connectivity index (χ0) is 10.8. The molecule has 0 bridgehead atoms. The van der Waals surface area contributed by atoms with E-state index in [1.54, 1.807) is 4.68 Å². The average Bonchev–Trinajstić information content (AvgIpc) is 2.49. The molecule has 0 saturated heterocycles. The number of aryl methyl sites for hydroxylation is 1.